The van der Waals surface area contributed by atoms with E-state index in [4.69, 9.17) is 14.4 Å². The van der Waals surface area contributed by atoms with E-state index in [9.17, 15) is 0 Å². The Bertz CT molecular complexity index is 3220. The van der Waals surface area contributed by atoms with Crippen LogP contribution in [-0.4, -0.2) is 14.5 Å². The van der Waals surface area contributed by atoms with Gasteiger partial charge >= 0.3 is 0 Å². The molecule has 0 fully saturated rings. The Morgan fingerprint density at radius 3 is 2.12 bits per heavy atom. The summed E-state index contributed by atoms with van der Waals surface area (Å²) in [5, 5.41) is 9.56. The first-order chi connectivity index (χ1) is 24.3. The average Bonchev–Trinajstić information content (AvgIpc) is 3.81. The first-order valence-electron chi connectivity index (χ1n) is 16.5. The zero-order valence-electron chi connectivity index (χ0n) is 25.9. The van der Waals surface area contributed by atoms with Gasteiger partial charge in [-0.15, -0.1) is 11.3 Å². The van der Waals surface area contributed by atoms with Gasteiger partial charge in [0.1, 0.15) is 16.0 Å². The molecule has 0 N–H and O–H groups in total. The van der Waals surface area contributed by atoms with Gasteiger partial charge in [-0.1, -0.05) is 103 Å². The summed E-state index contributed by atoms with van der Waals surface area (Å²) in [6, 6.07) is 49.7. The quantitative estimate of drug-likeness (QED) is 0.193. The fraction of sp³-hybridized carbons (Fsp3) is 0. The SMILES string of the molecule is c1ccc(-c2cccc(-c3nc(-n4c5ccc6cccc7c6c5c5c6c(ccc54)oc4cccc-7c46)c4c(n3)sc3ccccc34)c2)cc1. The van der Waals surface area contributed by atoms with Crippen LogP contribution in [0.15, 0.2) is 144 Å². The highest BCUT2D eigenvalue weighted by Gasteiger charge is 2.28. The summed E-state index contributed by atoms with van der Waals surface area (Å²) in [5.74, 6) is 1.61. The van der Waals surface area contributed by atoms with Crippen molar-refractivity contribution in [2.75, 3.05) is 0 Å². The van der Waals surface area contributed by atoms with Crippen molar-refractivity contribution < 1.29 is 4.42 Å². The average molecular weight is 642 g/mol. The third-order valence-corrected chi connectivity index (χ3v) is 11.4. The van der Waals surface area contributed by atoms with Gasteiger partial charge in [-0.05, 0) is 69.4 Å². The van der Waals surface area contributed by atoms with Gasteiger partial charge in [0.2, 0.25) is 0 Å². The number of nitrogens with zero attached hydrogens (tertiary/aromatic N) is 3. The third-order valence-electron chi connectivity index (χ3n) is 10.3. The van der Waals surface area contributed by atoms with E-state index in [0.29, 0.717) is 5.82 Å². The highest BCUT2D eigenvalue weighted by atomic mass is 32.1. The predicted octanol–water partition coefficient (Wildman–Crippen LogP) is 12.3. The highest BCUT2D eigenvalue weighted by molar-refractivity contribution is 7.25. The van der Waals surface area contributed by atoms with Crippen molar-refractivity contribution in [1.29, 1.82) is 0 Å². The van der Waals surface area contributed by atoms with Crippen molar-refractivity contribution in [1.82, 2.24) is 14.5 Å². The summed E-state index contributed by atoms with van der Waals surface area (Å²) in [4.78, 5) is 11.8. The topological polar surface area (TPSA) is 43.9 Å². The third kappa shape index (κ3) is 3.32. The van der Waals surface area contributed by atoms with Gasteiger partial charge < -0.3 is 4.42 Å². The van der Waals surface area contributed by atoms with Crippen LogP contribution in [0.2, 0.25) is 0 Å². The molecular weight excluding hydrogens is 619 g/mol. The second-order valence-electron chi connectivity index (χ2n) is 12.9. The number of benzene rings is 7. The van der Waals surface area contributed by atoms with Gasteiger partial charge in [-0.3, -0.25) is 4.57 Å². The van der Waals surface area contributed by atoms with Crippen molar-refractivity contribution >= 4 is 86.2 Å². The number of rotatable bonds is 3. The molecule has 0 aliphatic heterocycles. The van der Waals surface area contributed by atoms with Crippen LogP contribution >= 0.6 is 11.3 Å². The molecule has 0 bridgehead atoms. The molecule has 1 aliphatic rings. The molecule has 11 aromatic rings. The molecule has 226 valence electrons. The smallest absolute Gasteiger partial charge is 0.163 e. The second kappa shape index (κ2) is 9.19. The molecule has 0 spiro atoms. The summed E-state index contributed by atoms with van der Waals surface area (Å²) in [6.07, 6.45) is 0. The lowest BCUT2D eigenvalue weighted by atomic mass is 9.95. The lowest BCUT2D eigenvalue weighted by Gasteiger charge is -2.13. The Balaban J connectivity index is 1.27. The largest absolute Gasteiger partial charge is 0.456 e. The Morgan fingerprint density at radius 2 is 1.20 bits per heavy atom. The molecule has 0 amide bonds. The summed E-state index contributed by atoms with van der Waals surface area (Å²) in [5.41, 5.74) is 9.82. The van der Waals surface area contributed by atoms with E-state index in [0.717, 1.165) is 49.4 Å². The zero-order chi connectivity index (χ0) is 31.8. The number of aromatic nitrogens is 3. The number of thiophene rings is 1. The zero-order valence-corrected chi connectivity index (χ0v) is 26.8. The van der Waals surface area contributed by atoms with E-state index in [2.05, 4.69) is 144 Å². The number of hydrogen-bond acceptors (Lipinski definition) is 4. The molecule has 4 heterocycles. The molecule has 0 radical (unpaired) electrons. The molecular formula is C44H23N3OS. The molecule has 0 saturated heterocycles. The fourth-order valence-corrected chi connectivity index (χ4v) is 9.39. The molecule has 49 heavy (non-hydrogen) atoms. The van der Waals surface area contributed by atoms with Crippen molar-refractivity contribution in [2.45, 2.75) is 0 Å². The highest BCUT2D eigenvalue weighted by Crippen LogP contribution is 2.51. The number of fused-ring (bicyclic) bond motifs is 4. The maximum absolute atomic E-state index is 6.54. The lowest BCUT2D eigenvalue weighted by molar-refractivity contribution is 0.669. The Hall–Kier alpha value is -6.30. The van der Waals surface area contributed by atoms with Crippen molar-refractivity contribution in [3.05, 3.63) is 140 Å². The predicted molar refractivity (Wildman–Crippen MR) is 204 cm³/mol. The lowest BCUT2D eigenvalue weighted by Crippen LogP contribution is -2.02. The molecule has 7 aromatic carbocycles. The first-order valence-corrected chi connectivity index (χ1v) is 17.3. The standard InChI is InChI=1S/C44H23N3OS/c1-2-9-24(10-3-1)26-12-6-13-27(23-26)42-45-43(38-30-14-4-5-18-35(30)49-44(38)46-42)47-31-20-19-25-11-7-15-28-29-16-8-17-33-37(29)41-34(48-33)22-21-32(47)40(41)39(31)36(25)28/h1-23H. The van der Waals surface area contributed by atoms with Gasteiger partial charge in [0.15, 0.2) is 11.6 Å². The minimum absolute atomic E-state index is 0.715. The molecule has 5 heteroatoms. The van der Waals surface area contributed by atoms with E-state index in [1.54, 1.807) is 11.3 Å². The van der Waals surface area contributed by atoms with E-state index >= 15 is 0 Å². The minimum atomic E-state index is 0.715. The normalized spacial score (nSPS) is 12.5. The van der Waals surface area contributed by atoms with Crippen LogP contribution in [0.25, 0.3) is 114 Å². The van der Waals surface area contributed by atoms with Crippen LogP contribution in [-0.2, 0) is 0 Å². The van der Waals surface area contributed by atoms with Crippen LogP contribution in [0.3, 0.4) is 0 Å². The van der Waals surface area contributed by atoms with Crippen molar-refractivity contribution in [3.63, 3.8) is 0 Å². The van der Waals surface area contributed by atoms with E-state index in [1.165, 1.54) is 59.1 Å². The van der Waals surface area contributed by atoms with Gasteiger partial charge in [-0.25, -0.2) is 9.97 Å². The van der Waals surface area contributed by atoms with Gasteiger partial charge in [-0.2, -0.15) is 0 Å². The molecule has 0 unspecified atom stereocenters. The van der Waals surface area contributed by atoms with Crippen LogP contribution in [0.1, 0.15) is 0 Å². The minimum Gasteiger partial charge on any atom is -0.456 e. The van der Waals surface area contributed by atoms with Gasteiger partial charge in [0, 0.05) is 37.2 Å². The summed E-state index contributed by atoms with van der Waals surface area (Å²) in [6.45, 7) is 0. The first kappa shape index (κ1) is 25.7. The van der Waals surface area contributed by atoms with Crippen LogP contribution < -0.4 is 0 Å². The van der Waals surface area contributed by atoms with E-state index in [-0.39, 0.29) is 0 Å². The molecule has 4 nitrogen and oxygen atoms in total. The van der Waals surface area contributed by atoms with Crippen LogP contribution in [0, 0.1) is 0 Å². The fourth-order valence-electron chi connectivity index (χ4n) is 8.32. The van der Waals surface area contributed by atoms with Crippen molar-refractivity contribution in [2.24, 2.45) is 0 Å². The molecule has 1 aliphatic carbocycles. The van der Waals surface area contributed by atoms with E-state index < -0.39 is 0 Å². The maximum atomic E-state index is 6.54. The molecule has 4 aromatic heterocycles. The molecule has 0 saturated carbocycles. The van der Waals surface area contributed by atoms with Gasteiger partial charge in [0.25, 0.3) is 0 Å². The Morgan fingerprint density at radius 1 is 0.490 bits per heavy atom. The van der Waals surface area contributed by atoms with Crippen LogP contribution in [0.4, 0.5) is 0 Å². The van der Waals surface area contributed by atoms with Gasteiger partial charge in [0.05, 0.1) is 16.4 Å². The molecule has 0 atom stereocenters. The molecule has 12 rings (SSSR count). The number of hydrogen-bond donors (Lipinski definition) is 0. The Kier molecular flexibility index (Phi) is 4.83. The Labute approximate surface area is 283 Å². The monoisotopic (exact) mass is 641 g/mol. The summed E-state index contributed by atoms with van der Waals surface area (Å²) in [7, 11) is 0. The van der Waals surface area contributed by atoms with Crippen molar-refractivity contribution in [3.8, 4) is 39.5 Å². The summed E-state index contributed by atoms with van der Waals surface area (Å²) < 4.78 is 10.1. The van der Waals surface area contributed by atoms with Crippen LogP contribution in [0.5, 0.6) is 0 Å². The summed E-state index contributed by atoms with van der Waals surface area (Å²) >= 11 is 1.73. The van der Waals surface area contributed by atoms with E-state index in [1.807, 2.05) is 0 Å². The second-order valence-corrected chi connectivity index (χ2v) is 13.9. The number of furan rings is 1. The maximum Gasteiger partial charge on any atom is 0.163 e.